The van der Waals surface area contributed by atoms with Gasteiger partial charge in [0.05, 0.1) is 5.69 Å². The summed E-state index contributed by atoms with van der Waals surface area (Å²) in [6.07, 6.45) is 5.50. The topological polar surface area (TPSA) is 142 Å². The summed E-state index contributed by atoms with van der Waals surface area (Å²) in [5.41, 5.74) is 8.31. The third-order valence-electron chi connectivity index (χ3n) is 4.37. The molecule has 0 aliphatic rings. The minimum Gasteiger partial charge on any atom is -0.439 e. The molecule has 0 saturated heterocycles. The van der Waals surface area contributed by atoms with Crippen molar-refractivity contribution in [1.29, 1.82) is 0 Å². The third-order valence-corrected chi connectivity index (χ3v) is 5.50. The lowest BCUT2D eigenvalue weighted by molar-refractivity contribution is 0.168. The van der Waals surface area contributed by atoms with Gasteiger partial charge in [0.15, 0.2) is 5.76 Å². The zero-order chi connectivity index (χ0) is 24.4. The van der Waals surface area contributed by atoms with E-state index in [4.69, 9.17) is 31.5 Å². The number of ether oxygens (including phenoxy) is 1. The van der Waals surface area contributed by atoms with Crippen molar-refractivity contribution in [3.05, 3.63) is 89.1 Å². The van der Waals surface area contributed by atoms with Crippen LogP contribution in [0.1, 0.15) is 17.0 Å². The highest BCUT2D eigenvalue weighted by molar-refractivity contribution is 7.47. The van der Waals surface area contributed by atoms with Crippen molar-refractivity contribution in [2.75, 3.05) is 20.4 Å². The first kappa shape index (κ1) is 25.6. The van der Waals surface area contributed by atoms with E-state index in [-0.39, 0.29) is 13.3 Å². The average Bonchev–Trinajstić information content (AvgIpc) is 3.28. The van der Waals surface area contributed by atoms with Gasteiger partial charge in [-0.15, -0.1) is 0 Å². The first-order chi connectivity index (χ1) is 16.4. The van der Waals surface area contributed by atoms with E-state index in [2.05, 4.69) is 24.5 Å². The van der Waals surface area contributed by atoms with E-state index >= 15 is 0 Å². The molecule has 1 atom stereocenters. The van der Waals surface area contributed by atoms with Gasteiger partial charge < -0.3 is 25.2 Å². The highest BCUT2D eigenvalue weighted by Gasteiger charge is 2.17. The zero-order valence-corrected chi connectivity index (χ0v) is 19.9. The van der Waals surface area contributed by atoms with Crippen molar-refractivity contribution in [3.8, 4) is 11.6 Å². The van der Waals surface area contributed by atoms with Gasteiger partial charge in [0.1, 0.15) is 17.6 Å². The molecule has 12 heteroatoms. The van der Waals surface area contributed by atoms with Crippen LogP contribution in [0.5, 0.6) is 11.6 Å². The Balaban J connectivity index is 1.54. The standard InChI is InChI=1S/C22H24ClN4O6P/c1-30-34(28,29)31-15-25-11-3-4-17(14-24)20-13-18(27-33-20)12-16-7-9-19(10-8-16)32-22-6-2-5-21(23)26-22/h2-11,13,25H,12,14-15,24H2,1H3,(H,28,29)/b11-3-,17-4+. The van der Waals surface area contributed by atoms with Crippen LogP contribution in [0.2, 0.25) is 5.15 Å². The van der Waals surface area contributed by atoms with E-state index < -0.39 is 7.82 Å². The molecule has 0 saturated carbocycles. The molecule has 3 rings (SSSR count). The normalized spacial score (nSPS) is 13.7. The monoisotopic (exact) mass is 506 g/mol. The Bertz CT molecular complexity index is 1180. The Kier molecular flexibility index (Phi) is 9.41. The number of rotatable bonds is 12. The van der Waals surface area contributed by atoms with Crippen molar-refractivity contribution in [2.24, 2.45) is 5.73 Å². The van der Waals surface area contributed by atoms with Gasteiger partial charge >= 0.3 is 7.82 Å². The Morgan fingerprint density at radius 3 is 2.79 bits per heavy atom. The summed E-state index contributed by atoms with van der Waals surface area (Å²) in [6.45, 7) is 0.0321. The van der Waals surface area contributed by atoms with E-state index in [1.54, 1.807) is 30.4 Å². The van der Waals surface area contributed by atoms with Gasteiger partial charge in [-0.05, 0) is 36.0 Å². The molecule has 1 unspecified atom stereocenters. The maximum Gasteiger partial charge on any atom is 0.473 e. The number of hydrogen-bond donors (Lipinski definition) is 3. The lowest BCUT2D eigenvalue weighted by Gasteiger charge is -2.08. The minimum absolute atomic E-state index is 0.199. The number of nitrogens with one attached hydrogen (secondary N) is 1. The minimum atomic E-state index is -4.01. The molecule has 0 aliphatic carbocycles. The van der Waals surface area contributed by atoms with Crippen molar-refractivity contribution in [2.45, 2.75) is 6.42 Å². The highest BCUT2D eigenvalue weighted by atomic mass is 35.5. The number of hydrogen-bond acceptors (Lipinski definition) is 9. The van der Waals surface area contributed by atoms with E-state index in [9.17, 15) is 4.57 Å². The molecule has 2 aromatic heterocycles. The molecule has 10 nitrogen and oxygen atoms in total. The average molecular weight is 507 g/mol. The second-order valence-corrected chi connectivity index (χ2v) is 8.74. The molecule has 0 bridgehead atoms. The summed E-state index contributed by atoms with van der Waals surface area (Å²) in [4.78, 5) is 13.2. The summed E-state index contributed by atoms with van der Waals surface area (Å²) >= 11 is 5.88. The van der Waals surface area contributed by atoms with E-state index in [1.807, 2.05) is 30.3 Å². The fourth-order valence-corrected chi connectivity index (χ4v) is 3.20. The molecule has 180 valence electrons. The maximum absolute atomic E-state index is 11.2. The number of benzene rings is 1. The van der Waals surface area contributed by atoms with E-state index in [1.165, 1.54) is 6.20 Å². The molecule has 0 aliphatic heterocycles. The summed E-state index contributed by atoms with van der Waals surface area (Å²) in [7, 11) is -2.93. The number of phosphoric ester groups is 1. The Labute approximate surface area is 201 Å². The number of nitrogens with zero attached hydrogens (tertiary/aromatic N) is 2. The number of nitrogens with two attached hydrogens (primary N) is 1. The van der Waals surface area contributed by atoms with Crippen LogP contribution in [0.25, 0.3) is 5.57 Å². The van der Waals surface area contributed by atoms with Gasteiger partial charge in [-0.2, -0.15) is 0 Å². The molecule has 0 fully saturated rings. The fourth-order valence-electron chi connectivity index (χ4n) is 2.70. The molecule has 0 spiro atoms. The largest absolute Gasteiger partial charge is 0.473 e. The molecule has 4 N–H and O–H groups in total. The van der Waals surface area contributed by atoms with Crippen LogP contribution in [-0.2, 0) is 20.0 Å². The summed E-state index contributed by atoms with van der Waals surface area (Å²) in [6, 6.07) is 14.5. The van der Waals surface area contributed by atoms with Gasteiger partial charge in [0.2, 0.25) is 5.88 Å². The Hall–Kier alpha value is -2.98. The van der Waals surface area contributed by atoms with Crippen LogP contribution in [0, 0.1) is 0 Å². The van der Waals surface area contributed by atoms with Crippen LogP contribution < -0.4 is 15.8 Å². The summed E-state index contributed by atoms with van der Waals surface area (Å²) in [5.74, 6) is 1.61. The SMILES string of the molecule is COP(=O)(O)OCN/C=C\C=C(/CN)c1cc(Cc2ccc(Oc3cccc(Cl)n3)cc2)no1. The summed E-state index contributed by atoms with van der Waals surface area (Å²) in [5, 5.41) is 7.18. The second-order valence-electron chi connectivity index (χ2n) is 6.79. The maximum atomic E-state index is 11.2. The first-order valence-electron chi connectivity index (χ1n) is 10.1. The van der Waals surface area contributed by atoms with Gasteiger partial charge in [-0.25, -0.2) is 9.55 Å². The van der Waals surface area contributed by atoms with Crippen molar-refractivity contribution in [1.82, 2.24) is 15.5 Å². The van der Waals surface area contributed by atoms with Gasteiger partial charge in [-0.1, -0.05) is 41.0 Å². The second kappa shape index (κ2) is 12.5. The van der Waals surface area contributed by atoms with E-state index in [0.717, 1.165) is 23.9 Å². The van der Waals surface area contributed by atoms with Gasteiger partial charge in [0, 0.05) is 37.8 Å². The molecule has 0 amide bonds. The fraction of sp³-hybridized carbons (Fsp3) is 0.182. The zero-order valence-electron chi connectivity index (χ0n) is 18.3. The first-order valence-corrected chi connectivity index (χ1v) is 11.9. The third kappa shape index (κ3) is 8.11. The smallest absolute Gasteiger partial charge is 0.439 e. The lowest BCUT2D eigenvalue weighted by atomic mass is 10.1. The van der Waals surface area contributed by atoms with Gasteiger partial charge in [-0.3, -0.25) is 9.05 Å². The molecule has 3 aromatic rings. The molecule has 0 radical (unpaired) electrons. The van der Waals surface area contributed by atoms with Crippen LogP contribution >= 0.6 is 19.4 Å². The number of aromatic nitrogens is 2. The Morgan fingerprint density at radius 2 is 2.09 bits per heavy atom. The summed E-state index contributed by atoms with van der Waals surface area (Å²) < 4.78 is 31.2. The number of allylic oxidation sites excluding steroid dienone is 2. The highest BCUT2D eigenvalue weighted by Crippen LogP contribution is 2.41. The van der Waals surface area contributed by atoms with Gasteiger partial charge in [0.25, 0.3) is 0 Å². The predicted molar refractivity (Wildman–Crippen MR) is 127 cm³/mol. The Morgan fingerprint density at radius 1 is 1.29 bits per heavy atom. The molecule has 1 aromatic carbocycles. The van der Waals surface area contributed by atoms with E-state index in [0.29, 0.717) is 29.0 Å². The van der Waals surface area contributed by atoms with Crippen LogP contribution in [0.15, 0.2) is 71.4 Å². The number of pyridine rings is 1. The number of phosphoric acid groups is 1. The molecule has 2 heterocycles. The predicted octanol–water partition coefficient (Wildman–Crippen LogP) is 4.27. The molecule has 34 heavy (non-hydrogen) atoms. The molecular weight excluding hydrogens is 483 g/mol. The van der Waals surface area contributed by atoms with Crippen molar-refractivity contribution in [3.63, 3.8) is 0 Å². The van der Waals surface area contributed by atoms with Crippen molar-refractivity contribution < 1.29 is 27.8 Å². The number of halogens is 1. The van der Waals surface area contributed by atoms with Crippen LogP contribution in [-0.4, -0.2) is 35.4 Å². The lowest BCUT2D eigenvalue weighted by Crippen LogP contribution is -2.09. The molecular formula is C22H24ClN4O6P. The van der Waals surface area contributed by atoms with Crippen molar-refractivity contribution >= 4 is 25.0 Å². The van der Waals surface area contributed by atoms with Crippen LogP contribution in [0.3, 0.4) is 0 Å². The van der Waals surface area contributed by atoms with Crippen LogP contribution in [0.4, 0.5) is 0 Å². The quantitative estimate of drug-likeness (QED) is 0.107.